The van der Waals surface area contributed by atoms with Crippen molar-refractivity contribution in [2.24, 2.45) is 0 Å². The molecule has 7 nitrogen and oxygen atoms in total. The SMILES string of the molecule is C.COC[C@]1(O)CCCC[C@H]1n1cnc(C(=O)N2CCNC[C@H]2Cc2ccccc2)c1-c1ccccc1. The van der Waals surface area contributed by atoms with E-state index in [2.05, 4.69) is 17.4 Å². The number of ether oxygens (including phenoxy) is 1. The molecule has 5 rings (SSSR count). The highest BCUT2D eigenvalue weighted by Crippen LogP contribution is 2.41. The van der Waals surface area contributed by atoms with E-state index in [4.69, 9.17) is 9.72 Å². The minimum Gasteiger partial charge on any atom is -0.385 e. The number of hydrogen-bond donors (Lipinski definition) is 2. The van der Waals surface area contributed by atoms with E-state index in [1.54, 1.807) is 13.4 Å². The van der Waals surface area contributed by atoms with Gasteiger partial charge in [-0.3, -0.25) is 4.79 Å². The molecular weight excluding hydrogens is 464 g/mol. The van der Waals surface area contributed by atoms with Gasteiger partial charge in [-0.05, 0) is 24.8 Å². The van der Waals surface area contributed by atoms with Crippen LogP contribution in [0.15, 0.2) is 67.0 Å². The first-order valence-electron chi connectivity index (χ1n) is 13.0. The molecule has 0 bridgehead atoms. The third kappa shape index (κ3) is 5.64. The lowest BCUT2D eigenvalue weighted by molar-refractivity contribution is -0.0893. The summed E-state index contributed by atoms with van der Waals surface area (Å²) < 4.78 is 7.47. The van der Waals surface area contributed by atoms with Crippen molar-refractivity contribution in [3.05, 3.63) is 78.2 Å². The Morgan fingerprint density at radius 1 is 1.14 bits per heavy atom. The number of methoxy groups -OCH3 is 1. The number of aromatic nitrogens is 2. The molecule has 0 unspecified atom stereocenters. The summed E-state index contributed by atoms with van der Waals surface area (Å²) >= 11 is 0. The molecule has 1 saturated carbocycles. The van der Waals surface area contributed by atoms with Crippen LogP contribution < -0.4 is 5.32 Å². The number of hydrogen-bond acceptors (Lipinski definition) is 5. The van der Waals surface area contributed by atoms with Crippen LogP contribution in [0.2, 0.25) is 0 Å². The molecule has 3 atom stereocenters. The molecule has 37 heavy (non-hydrogen) atoms. The van der Waals surface area contributed by atoms with Crippen molar-refractivity contribution in [2.45, 2.75) is 57.2 Å². The maximum atomic E-state index is 14.1. The van der Waals surface area contributed by atoms with E-state index in [0.717, 1.165) is 50.0 Å². The molecule has 1 saturated heterocycles. The number of aliphatic hydroxyl groups is 1. The zero-order valence-corrected chi connectivity index (χ0v) is 21.0. The van der Waals surface area contributed by atoms with Gasteiger partial charge in [-0.2, -0.15) is 0 Å². The molecule has 1 amide bonds. The van der Waals surface area contributed by atoms with Crippen LogP contribution in [0.1, 0.15) is 55.2 Å². The number of imidazole rings is 1. The summed E-state index contributed by atoms with van der Waals surface area (Å²) in [7, 11) is 1.63. The highest BCUT2D eigenvalue weighted by Gasteiger charge is 2.42. The molecule has 198 valence electrons. The van der Waals surface area contributed by atoms with Gasteiger partial charge >= 0.3 is 0 Å². The number of nitrogens with zero attached hydrogens (tertiary/aromatic N) is 3. The first-order valence-corrected chi connectivity index (χ1v) is 13.0. The van der Waals surface area contributed by atoms with Gasteiger partial charge in [-0.1, -0.05) is 80.9 Å². The molecule has 1 aliphatic heterocycles. The molecule has 2 fully saturated rings. The van der Waals surface area contributed by atoms with Crippen LogP contribution in [0.25, 0.3) is 11.3 Å². The van der Waals surface area contributed by atoms with Crippen molar-refractivity contribution < 1.29 is 14.6 Å². The van der Waals surface area contributed by atoms with Crippen LogP contribution in [-0.2, 0) is 11.2 Å². The predicted molar refractivity (Wildman–Crippen MR) is 147 cm³/mol. The van der Waals surface area contributed by atoms with Gasteiger partial charge in [-0.15, -0.1) is 0 Å². The molecule has 2 heterocycles. The summed E-state index contributed by atoms with van der Waals surface area (Å²) in [5.74, 6) is -0.0545. The molecule has 2 aliphatic rings. The topological polar surface area (TPSA) is 79.6 Å². The van der Waals surface area contributed by atoms with E-state index in [0.29, 0.717) is 18.7 Å². The molecule has 1 aliphatic carbocycles. The highest BCUT2D eigenvalue weighted by atomic mass is 16.5. The summed E-state index contributed by atoms with van der Waals surface area (Å²) in [6.07, 6.45) is 5.99. The smallest absolute Gasteiger partial charge is 0.275 e. The second-order valence-electron chi connectivity index (χ2n) is 10.1. The minimum atomic E-state index is -0.998. The predicted octanol–water partition coefficient (Wildman–Crippen LogP) is 4.34. The first kappa shape index (κ1) is 27.0. The van der Waals surface area contributed by atoms with E-state index in [1.165, 1.54) is 5.56 Å². The van der Waals surface area contributed by atoms with E-state index < -0.39 is 5.60 Å². The Bertz CT molecular complexity index is 1150. The quantitative estimate of drug-likeness (QED) is 0.501. The van der Waals surface area contributed by atoms with Gasteiger partial charge in [0.05, 0.1) is 24.7 Å². The average molecular weight is 505 g/mol. The van der Waals surface area contributed by atoms with Crippen LogP contribution in [0, 0.1) is 0 Å². The molecule has 0 spiro atoms. The van der Waals surface area contributed by atoms with Crippen molar-refractivity contribution in [2.75, 3.05) is 33.4 Å². The van der Waals surface area contributed by atoms with Crippen molar-refractivity contribution in [1.82, 2.24) is 19.8 Å². The van der Waals surface area contributed by atoms with Gasteiger partial charge in [0.2, 0.25) is 0 Å². The van der Waals surface area contributed by atoms with Crippen LogP contribution in [0.5, 0.6) is 0 Å². The van der Waals surface area contributed by atoms with Gasteiger partial charge in [0.15, 0.2) is 5.69 Å². The van der Waals surface area contributed by atoms with Crippen LogP contribution in [-0.4, -0.2) is 70.5 Å². The summed E-state index contributed by atoms with van der Waals surface area (Å²) in [5.41, 5.74) is 2.37. The maximum Gasteiger partial charge on any atom is 0.275 e. The Labute approximate surface area is 220 Å². The molecular formula is C30H40N4O3. The highest BCUT2D eigenvalue weighted by molar-refractivity contribution is 5.98. The fraction of sp³-hybridized carbons (Fsp3) is 0.467. The van der Waals surface area contributed by atoms with Crippen LogP contribution >= 0.6 is 0 Å². The summed E-state index contributed by atoms with van der Waals surface area (Å²) in [6.45, 7) is 2.39. The Hall–Kier alpha value is -3.00. The lowest BCUT2D eigenvalue weighted by atomic mass is 9.80. The Morgan fingerprint density at radius 3 is 2.59 bits per heavy atom. The minimum absolute atomic E-state index is 0. The second-order valence-corrected chi connectivity index (χ2v) is 10.1. The fourth-order valence-electron chi connectivity index (χ4n) is 5.89. The van der Waals surface area contributed by atoms with Crippen molar-refractivity contribution >= 4 is 5.91 Å². The van der Waals surface area contributed by atoms with E-state index in [9.17, 15) is 9.90 Å². The summed E-state index contributed by atoms with van der Waals surface area (Å²) in [5, 5.41) is 15.0. The molecule has 0 radical (unpaired) electrons. The van der Waals surface area contributed by atoms with Crippen molar-refractivity contribution in [3.8, 4) is 11.3 Å². The van der Waals surface area contributed by atoms with Gasteiger partial charge in [0.1, 0.15) is 5.60 Å². The number of amides is 1. The van der Waals surface area contributed by atoms with E-state index >= 15 is 0 Å². The number of benzene rings is 2. The zero-order chi connectivity index (χ0) is 25.0. The molecule has 2 N–H and O–H groups in total. The summed E-state index contributed by atoms with van der Waals surface area (Å²) in [4.78, 5) is 20.8. The standard InChI is InChI=1S/C29H36N4O3.CH4/c1-36-20-29(35)15-9-8-14-25(29)33-21-31-26(27(33)23-12-6-3-7-13-23)28(34)32-17-16-30-19-24(32)18-22-10-4-2-5-11-22;/h2-7,10-13,21,24-25,30,35H,8-9,14-20H2,1H3;1H4/t24-,25-,29-;/m1./s1. The normalized spacial score (nSPS) is 23.9. The number of carbonyl (C=O) groups is 1. The lowest BCUT2D eigenvalue weighted by Gasteiger charge is -2.41. The van der Waals surface area contributed by atoms with Crippen LogP contribution in [0.4, 0.5) is 0 Å². The maximum absolute atomic E-state index is 14.1. The number of carbonyl (C=O) groups excluding carboxylic acids is 1. The molecule has 1 aromatic heterocycles. The number of rotatable bonds is 7. The Balaban J connectivity index is 0.00000320. The lowest BCUT2D eigenvalue weighted by Crippen LogP contribution is -2.54. The van der Waals surface area contributed by atoms with E-state index in [1.807, 2.05) is 58.0 Å². The van der Waals surface area contributed by atoms with Gasteiger partial charge in [0, 0.05) is 38.3 Å². The Kier molecular flexibility index (Phi) is 8.79. The van der Waals surface area contributed by atoms with Gasteiger partial charge in [-0.25, -0.2) is 4.98 Å². The molecule has 2 aromatic carbocycles. The van der Waals surface area contributed by atoms with Crippen molar-refractivity contribution in [1.29, 1.82) is 0 Å². The van der Waals surface area contributed by atoms with Crippen molar-refractivity contribution in [3.63, 3.8) is 0 Å². The summed E-state index contributed by atoms with van der Waals surface area (Å²) in [6, 6.07) is 20.1. The number of nitrogens with one attached hydrogen (secondary N) is 1. The first-order chi connectivity index (χ1) is 17.6. The third-order valence-corrected chi connectivity index (χ3v) is 7.66. The van der Waals surface area contributed by atoms with Gasteiger partial charge in [0.25, 0.3) is 5.91 Å². The second kappa shape index (κ2) is 12.0. The number of piperazine rings is 1. The van der Waals surface area contributed by atoms with E-state index in [-0.39, 0.29) is 32.0 Å². The zero-order valence-electron chi connectivity index (χ0n) is 21.0. The Morgan fingerprint density at radius 2 is 1.86 bits per heavy atom. The molecule has 3 aromatic rings. The molecule has 7 heteroatoms. The van der Waals surface area contributed by atoms with Crippen LogP contribution in [0.3, 0.4) is 0 Å². The van der Waals surface area contributed by atoms with Gasteiger partial charge < -0.3 is 24.6 Å². The fourth-order valence-corrected chi connectivity index (χ4v) is 5.89. The largest absolute Gasteiger partial charge is 0.385 e. The monoisotopic (exact) mass is 504 g/mol. The third-order valence-electron chi connectivity index (χ3n) is 7.66. The average Bonchev–Trinajstić information content (AvgIpc) is 3.35.